The summed E-state index contributed by atoms with van der Waals surface area (Å²) in [6.07, 6.45) is 3.42. The zero-order valence-electron chi connectivity index (χ0n) is 7.09. The van der Waals surface area contributed by atoms with Gasteiger partial charge in [-0.05, 0) is 19.1 Å². The SMILES string of the molecule is C=C(/C=C\C(=C)OCC)OC. The Labute approximate surface area is 67.8 Å². The maximum atomic E-state index is 5.06. The maximum absolute atomic E-state index is 5.06. The molecule has 0 aliphatic carbocycles. The van der Waals surface area contributed by atoms with E-state index in [4.69, 9.17) is 9.47 Å². The largest absolute Gasteiger partial charge is 0.497 e. The number of ether oxygens (including phenoxy) is 2. The Hall–Kier alpha value is -1.18. The normalized spacial score (nSPS) is 9.64. The van der Waals surface area contributed by atoms with Crippen LogP contribution in [0.2, 0.25) is 0 Å². The summed E-state index contributed by atoms with van der Waals surface area (Å²) in [6.45, 7) is 9.78. The summed E-state index contributed by atoms with van der Waals surface area (Å²) in [5.41, 5.74) is 0. The van der Waals surface area contributed by atoms with E-state index in [1.807, 2.05) is 6.92 Å². The Kier molecular flexibility index (Phi) is 4.99. The van der Waals surface area contributed by atoms with Crippen LogP contribution in [0.15, 0.2) is 36.8 Å². The monoisotopic (exact) mass is 154 g/mol. The van der Waals surface area contributed by atoms with Crippen molar-refractivity contribution in [1.82, 2.24) is 0 Å². The zero-order chi connectivity index (χ0) is 8.69. The molecule has 0 amide bonds. The van der Waals surface area contributed by atoms with E-state index < -0.39 is 0 Å². The van der Waals surface area contributed by atoms with Gasteiger partial charge in [-0.25, -0.2) is 0 Å². The van der Waals surface area contributed by atoms with Crippen LogP contribution in [0, 0.1) is 0 Å². The third-order valence-electron chi connectivity index (χ3n) is 1.05. The van der Waals surface area contributed by atoms with Gasteiger partial charge in [-0.1, -0.05) is 13.2 Å². The van der Waals surface area contributed by atoms with E-state index in [0.29, 0.717) is 18.1 Å². The molecule has 0 aromatic heterocycles. The Morgan fingerprint density at radius 1 is 1.27 bits per heavy atom. The fraction of sp³-hybridized carbons (Fsp3) is 0.333. The van der Waals surface area contributed by atoms with Gasteiger partial charge in [-0.3, -0.25) is 0 Å². The highest BCUT2D eigenvalue weighted by Crippen LogP contribution is 1.99. The molecule has 0 N–H and O–H groups in total. The molecule has 0 rings (SSSR count). The van der Waals surface area contributed by atoms with Crippen LogP contribution < -0.4 is 0 Å². The third-order valence-corrected chi connectivity index (χ3v) is 1.05. The van der Waals surface area contributed by atoms with Gasteiger partial charge in [0.15, 0.2) is 0 Å². The first kappa shape index (κ1) is 9.82. The van der Waals surface area contributed by atoms with Gasteiger partial charge in [-0.15, -0.1) is 0 Å². The average molecular weight is 154 g/mol. The van der Waals surface area contributed by atoms with Crippen LogP contribution in [0.5, 0.6) is 0 Å². The van der Waals surface area contributed by atoms with Gasteiger partial charge in [0.1, 0.15) is 11.5 Å². The van der Waals surface area contributed by atoms with Crippen molar-refractivity contribution in [2.24, 2.45) is 0 Å². The van der Waals surface area contributed by atoms with Crippen LogP contribution in [0.4, 0.5) is 0 Å². The summed E-state index contributed by atoms with van der Waals surface area (Å²) < 4.78 is 9.86. The Morgan fingerprint density at radius 3 is 2.27 bits per heavy atom. The van der Waals surface area contributed by atoms with Gasteiger partial charge in [0.2, 0.25) is 0 Å². The molecular formula is C9H14O2. The van der Waals surface area contributed by atoms with Crippen molar-refractivity contribution < 1.29 is 9.47 Å². The molecule has 0 aliphatic heterocycles. The van der Waals surface area contributed by atoms with Crippen molar-refractivity contribution >= 4 is 0 Å². The quantitative estimate of drug-likeness (QED) is 0.446. The summed E-state index contributed by atoms with van der Waals surface area (Å²) in [5.74, 6) is 1.21. The Balaban J connectivity index is 3.73. The first-order chi connectivity index (χ1) is 5.20. The lowest BCUT2D eigenvalue weighted by atomic mass is 10.4. The molecule has 0 heterocycles. The van der Waals surface area contributed by atoms with Gasteiger partial charge in [-0.2, -0.15) is 0 Å². The third kappa shape index (κ3) is 5.27. The predicted octanol–water partition coefficient (Wildman–Crippen LogP) is 2.25. The Morgan fingerprint density at radius 2 is 1.82 bits per heavy atom. The molecule has 0 saturated heterocycles. The zero-order valence-corrected chi connectivity index (χ0v) is 7.09. The van der Waals surface area contributed by atoms with Crippen molar-refractivity contribution in [2.75, 3.05) is 13.7 Å². The molecule has 0 aromatic rings. The maximum Gasteiger partial charge on any atom is 0.112 e. The lowest BCUT2D eigenvalue weighted by Gasteiger charge is -2.00. The number of hydrogen-bond acceptors (Lipinski definition) is 2. The Bertz CT molecular complexity index is 168. The van der Waals surface area contributed by atoms with Crippen LogP contribution in [0.3, 0.4) is 0 Å². The van der Waals surface area contributed by atoms with Crippen LogP contribution in [-0.2, 0) is 9.47 Å². The molecule has 0 spiro atoms. The number of rotatable bonds is 5. The number of allylic oxidation sites excluding steroid dienone is 2. The van der Waals surface area contributed by atoms with Crippen LogP contribution in [0.25, 0.3) is 0 Å². The lowest BCUT2D eigenvalue weighted by Crippen LogP contribution is -1.86. The summed E-state index contributed by atoms with van der Waals surface area (Å²) in [6, 6.07) is 0. The van der Waals surface area contributed by atoms with Crippen molar-refractivity contribution in [3.05, 3.63) is 36.8 Å². The van der Waals surface area contributed by atoms with Crippen molar-refractivity contribution in [3.63, 3.8) is 0 Å². The summed E-state index contributed by atoms with van der Waals surface area (Å²) in [4.78, 5) is 0. The van der Waals surface area contributed by atoms with Crippen molar-refractivity contribution in [1.29, 1.82) is 0 Å². The summed E-state index contributed by atoms with van der Waals surface area (Å²) >= 11 is 0. The summed E-state index contributed by atoms with van der Waals surface area (Å²) in [7, 11) is 1.57. The minimum Gasteiger partial charge on any atom is -0.497 e. The van der Waals surface area contributed by atoms with Gasteiger partial charge >= 0.3 is 0 Å². The minimum absolute atomic E-state index is 0.589. The molecule has 0 aromatic carbocycles. The smallest absolute Gasteiger partial charge is 0.112 e. The molecule has 0 fully saturated rings. The van der Waals surface area contributed by atoms with Crippen molar-refractivity contribution in [3.8, 4) is 0 Å². The van der Waals surface area contributed by atoms with Gasteiger partial charge in [0.25, 0.3) is 0 Å². The second-order valence-corrected chi connectivity index (χ2v) is 1.90. The summed E-state index contributed by atoms with van der Waals surface area (Å²) in [5, 5.41) is 0. The first-order valence-corrected chi connectivity index (χ1v) is 3.43. The molecule has 0 atom stereocenters. The van der Waals surface area contributed by atoms with E-state index in [0.717, 1.165) is 0 Å². The van der Waals surface area contributed by atoms with E-state index in [2.05, 4.69) is 13.2 Å². The molecule has 0 saturated carbocycles. The highest BCUT2D eigenvalue weighted by atomic mass is 16.5. The number of hydrogen-bond donors (Lipinski definition) is 0. The van der Waals surface area contributed by atoms with E-state index in [-0.39, 0.29) is 0 Å². The van der Waals surface area contributed by atoms with E-state index in [9.17, 15) is 0 Å². The second-order valence-electron chi connectivity index (χ2n) is 1.90. The molecule has 0 bridgehead atoms. The predicted molar refractivity (Wildman–Crippen MR) is 46.1 cm³/mol. The molecule has 0 radical (unpaired) electrons. The standard InChI is InChI=1S/C9H14O2/c1-5-11-9(3)7-6-8(2)10-4/h6-7H,2-3,5H2,1,4H3/b7-6-. The highest BCUT2D eigenvalue weighted by molar-refractivity contribution is 5.16. The van der Waals surface area contributed by atoms with Gasteiger partial charge in [0, 0.05) is 0 Å². The average Bonchev–Trinajstić information content (AvgIpc) is 2.01. The van der Waals surface area contributed by atoms with Crippen LogP contribution in [0.1, 0.15) is 6.92 Å². The van der Waals surface area contributed by atoms with E-state index in [1.54, 1.807) is 19.3 Å². The fourth-order valence-corrected chi connectivity index (χ4v) is 0.487. The van der Waals surface area contributed by atoms with E-state index >= 15 is 0 Å². The molecule has 0 aliphatic rings. The van der Waals surface area contributed by atoms with E-state index in [1.165, 1.54) is 0 Å². The van der Waals surface area contributed by atoms with Crippen LogP contribution in [-0.4, -0.2) is 13.7 Å². The minimum atomic E-state index is 0.589. The topological polar surface area (TPSA) is 18.5 Å². The molecule has 0 unspecified atom stereocenters. The lowest BCUT2D eigenvalue weighted by molar-refractivity contribution is 0.243. The number of methoxy groups -OCH3 is 1. The highest BCUT2D eigenvalue weighted by Gasteiger charge is 1.85. The molecule has 2 nitrogen and oxygen atoms in total. The second kappa shape index (κ2) is 5.59. The molecular weight excluding hydrogens is 140 g/mol. The van der Waals surface area contributed by atoms with Gasteiger partial charge in [0.05, 0.1) is 13.7 Å². The molecule has 2 heteroatoms. The first-order valence-electron chi connectivity index (χ1n) is 3.43. The fourth-order valence-electron chi connectivity index (χ4n) is 0.487. The van der Waals surface area contributed by atoms with Crippen molar-refractivity contribution in [2.45, 2.75) is 6.92 Å². The van der Waals surface area contributed by atoms with Crippen LogP contribution >= 0.6 is 0 Å². The molecule has 62 valence electrons. The van der Waals surface area contributed by atoms with Gasteiger partial charge < -0.3 is 9.47 Å². The molecule has 11 heavy (non-hydrogen) atoms.